The normalized spacial score (nSPS) is 15.6. The Morgan fingerprint density at radius 1 is 1.35 bits per heavy atom. The molecule has 1 amide bonds. The van der Waals surface area contributed by atoms with Gasteiger partial charge in [-0.15, -0.1) is 32.9 Å². The summed E-state index contributed by atoms with van der Waals surface area (Å²) in [7, 11) is 1.35. The molecule has 0 radical (unpaired) electrons. The number of thioether (sulfide) groups is 1. The zero-order chi connectivity index (χ0) is 24.2. The minimum absolute atomic E-state index is 0.117. The third-order valence-corrected chi connectivity index (χ3v) is 8.54. The Labute approximate surface area is 211 Å². The number of aromatic nitrogens is 3. The lowest BCUT2D eigenvalue weighted by molar-refractivity contribution is -0.113. The van der Waals surface area contributed by atoms with Crippen molar-refractivity contribution < 1.29 is 19.1 Å². The van der Waals surface area contributed by atoms with E-state index in [-0.39, 0.29) is 17.8 Å². The molecule has 182 valence electrons. The van der Waals surface area contributed by atoms with Crippen LogP contribution in [0.4, 0.5) is 5.00 Å². The van der Waals surface area contributed by atoms with Gasteiger partial charge < -0.3 is 14.8 Å². The molecule has 0 aliphatic carbocycles. The highest BCUT2D eigenvalue weighted by atomic mass is 32.2. The number of hydrogen-bond acceptors (Lipinski definition) is 9. The van der Waals surface area contributed by atoms with E-state index in [1.807, 2.05) is 13.8 Å². The molecule has 4 heterocycles. The van der Waals surface area contributed by atoms with E-state index < -0.39 is 5.97 Å². The molecule has 1 fully saturated rings. The van der Waals surface area contributed by atoms with E-state index in [9.17, 15) is 9.59 Å². The molecule has 1 saturated heterocycles. The number of anilines is 1. The van der Waals surface area contributed by atoms with Crippen LogP contribution in [-0.4, -0.2) is 52.2 Å². The highest BCUT2D eigenvalue weighted by Gasteiger charge is 2.25. The summed E-state index contributed by atoms with van der Waals surface area (Å²) in [5, 5.41) is 15.0. The zero-order valence-corrected chi connectivity index (χ0v) is 22.1. The van der Waals surface area contributed by atoms with Gasteiger partial charge in [0.25, 0.3) is 0 Å². The van der Waals surface area contributed by atoms with Crippen LogP contribution in [0, 0.1) is 13.8 Å². The number of nitrogens with one attached hydrogen (secondary N) is 1. The summed E-state index contributed by atoms with van der Waals surface area (Å²) in [6.07, 6.45) is 2.85. The number of rotatable bonds is 9. The van der Waals surface area contributed by atoms with Crippen molar-refractivity contribution in [2.45, 2.75) is 57.8 Å². The first-order valence-corrected chi connectivity index (χ1v) is 13.8. The molecule has 4 rings (SSSR count). The SMILES string of the molecule is CCc1c(C)sc(NC(=O)CSc2nnc(-c3csc(C)c3)n2CC2CCCO2)c1C(=O)OC. The van der Waals surface area contributed by atoms with Crippen molar-refractivity contribution in [3.8, 4) is 11.4 Å². The molecular weight excluding hydrogens is 492 g/mol. The highest BCUT2D eigenvalue weighted by Crippen LogP contribution is 2.34. The lowest BCUT2D eigenvalue weighted by Gasteiger charge is -2.14. The number of aryl methyl sites for hydroxylation is 2. The number of esters is 1. The molecule has 0 aromatic carbocycles. The molecule has 0 spiro atoms. The zero-order valence-electron chi connectivity index (χ0n) is 19.7. The number of carbonyl (C=O) groups excluding carboxylic acids is 2. The van der Waals surface area contributed by atoms with Gasteiger partial charge in [0.1, 0.15) is 5.00 Å². The summed E-state index contributed by atoms with van der Waals surface area (Å²) in [5.74, 6) is 0.290. The van der Waals surface area contributed by atoms with Crippen molar-refractivity contribution in [3.05, 3.63) is 32.3 Å². The number of amides is 1. The Bertz CT molecular complexity index is 1180. The van der Waals surface area contributed by atoms with Crippen LogP contribution >= 0.6 is 34.4 Å². The first kappa shape index (κ1) is 24.9. The molecule has 34 heavy (non-hydrogen) atoms. The first-order chi connectivity index (χ1) is 16.4. The van der Waals surface area contributed by atoms with Crippen molar-refractivity contribution in [2.75, 3.05) is 24.8 Å². The molecule has 0 bridgehead atoms. The third-order valence-electron chi connectivity index (χ3n) is 5.65. The number of carbonyl (C=O) groups is 2. The van der Waals surface area contributed by atoms with E-state index in [0.717, 1.165) is 41.3 Å². The second kappa shape index (κ2) is 11.0. The molecule has 8 nitrogen and oxygen atoms in total. The molecule has 3 aromatic rings. The van der Waals surface area contributed by atoms with E-state index in [4.69, 9.17) is 9.47 Å². The number of hydrogen-bond donors (Lipinski definition) is 1. The smallest absolute Gasteiger partial charge is 0.341 e. The van der Waals surface area contributed by atoms with Crippen molar-refractivity contribution in [3.63, 3.8) is 0 Å². The van der Waals surface area contributed by atoms with Crippen molar-refractivity contribution in [1.82, 2.24) is 14.8 Å². The van der Waals surface area contributed by atoms with Crippen molar-refractivity contribution >= 4 is 51.3 Å². The Balaban J connectivity index is 1.51. The van der Waals surface area contributed by atoms with Gasteiger partial charge in [-0.1, -0.05) is 18.7 Å². The molecule has 1 atom stereocenters. The summed E-state index contributed by atoms with van der Waals surface area (Å²) >= 11 is 4.40. The Morgan fingerprint density at radius 3 is 2.82 bits per heavy atom. The van der Waals surface area contributed by atoms with E-state index in [1.165, 1.54) is 35.1 Å². The summed E-state index contributed by atoms with van der Waals surface area (Å²) in [4.78, 5) is 27.4. The van der Waals surface area contributed by atoms with Crippen LogP contribution in [0.3, 0.4) is 0 Å². The van der Waals surface area contributed by atoms with Crippen LogP contribution in [0.25, 0.3) is 11.4 Å². The van der Waals surface area contributed by atoms with Gasteiger partial charge in [-0.2, -0.15) is 0 Å². The molecule has 1 aliphatic heterocycles. The number of ether oxygens (including phenoxy) is 2. The molecule has 0 saturated carbocycles. The predicted octanol–water partition coefficient (Wildman–Crippen LogP) is 4.94. The van der Waals surface area contributed by atoms with Gasteiger partial charge in [-0.25, -0.2) is 4.79 Å². The lowest BCUT2D eigenvalue weighted by atomic mass is 10.1. The molecule has 1 unspecified atom stereocenters. The quantitative estimate of drug-likeness (QED) is 0.315. The summed E-state index contributed by atoms with van der Waals surface area (Å²) < 4.78 is 12.9. The molecule has 11 heteroatoms. The van der Waals surface area contributed by atoms with E-state index in [1.54, 1.807) is 11.3 Å². The Kier molecular flexibility index (Phi) is 8.07. The van der Waals surface area contributed by atoms with Crippen LogP contribution in [0.2, 0.25) is 0 Å². The Hall–Kier alpha value is -2.21. The van der Waals surface area contributed by atoms with Gasteiger partial charge in [-0.3, -0.25) is 9.36 Å². The van der Waals surface area contributed by atoms with Gasteiger partial charge in [0.15, 0.2) is 11.0 Å². The van der Waals surface area contributed by atoms with Crippen LogP contribution in [-0.2, 0) is 27.2 Å². The second-order valence-electron chi connectivity index (χ2n) is 8.02. The fraction of sp³-hybridized carbons (Fsp3) is 0.478. The molecule has 1 N–H and O–H groups in total. The van der Waals surface area contributed by atoms with Crippen molar-refractivity contribution in [1.29, 1.82) is 0 Å². The molecule has 1 aliphatic rings. The predicted molar refractivity (Wildman–Crippen MR) is 136 cm³/mol. The van der Waals surface area contributed by atoms with E-state index in [0.29, 0.717) is 28.7 Å². The van der Waals surface area contributed by atoms with Crippen molar-refractivity contribution in [2.24, 2.45) is 0 Å². The van der Waals surface area contributed by atoms with Gasteiger partial charge in [-0.05, 0) is 44.7 Å². The van der Waals surface area contributed by atoms with Crippen LogP contribution in [0.1, 0.15) is 45.4 Å². The van der Waals surface area contributed by atoms with Crippen LogP contribution in [0.5, 0.6) is 0 Å². The third kappa shape index (κ3) is 5.37. The average molecular weight is 521 g/mol. The molecular formula is C23H28N4O4S3. The summed E-state index contributed by atoms with van der Waals surface area (Å²) in [5.41, 5.74) is 2.38. The van der Waals surface area contributed by atoms with Crippen LogP contribution < -0.4 is 5.32 Å². The standard InChI is InChI=1S/C23H28N4O4S3/c1-5-17-14(3)34-21(19(17)22(29)30-4)24-18(28)12-33-23-26-25-20(15-9-13(2)32-11-15)27(23)10-16-7-6-8-31-16/h9,11,16H,5-8,10,12H2,1-4H3,(H,24,28). The topological polar surface area (TPSA) is 95.3 Å². The highest BCUT2D eigenvalue weighted by molar-refractivity contribution is 7.99. The van der Waals surface area contributed by atoms with Gasteiger partial charge >= 0.3 is 5.97 Å². The average Bonchev–Trinajstić information content (AvgIpc) is 3.60. The minimum atomic E-state index is -0.434. The number of thiophene rings is 2. The monoisotopic (exact) mass is 520 g/mol. The van der Waals surface area contributed by atoms with E-state index in [2.05, 4.69) is 38.5 Å². The number of nitrogens with zero attached hydrogens (tertiary/aromatic N) is 3. The maximum atomic E-state index is 12.8. The summed E-state index contributed by atoms with van der Waals surface area (Å²) in [6.45, 7) is 7.41. The maximum Gasteiger partial charge on any atom is 0.341 e. The second-order valence-corrected chi connectivity index (χ2v) is 11.3. The van der Waals surface area contributed by atoms with E-state index >= 15 is 0 Å². The maximum absolute atomic E-state index is 12.8. The molecule has 3 aromatic heterocycles. The van der Waals surface area contributed by atoms with Gasteiger partial charge in [0, 0.05) is 27.3 Å². The lowest BCUT2D eigenvalue weighted by Crippen LogP contribution is -2.18. The largest absolute Gasteiger partial charge is 0.465 e. The first-order valence-electron chi connectivity index (χ1n) is 11.1. The van der Waals surface area contributed by atoms with Crippen LogP contribution in [0.15, 0.2) is 16.6 Å². The fourth-order valence-electron chi connectivity index (χ4n) is 4.03. The van der Waals surface area contributed by atoms with Gasteiger partial charge in [0.2, 0.25) is 5.91 Å². The Morgan fingerprint density at radius 2 is 2.18 bits per heavy atom. The number of methoxy groups -OCH3 is 1. The van der Waals surface area contributed by atoms with Gasteiger partial charge in [0.05, 0.1) is 31.1 Å². The fourth-order valence-corrected chi connectivity index (χ4v) is 6.61. The minimum Gasteiger partial charge on any atom is -0.465 e. The summed E-state index contributed by atoms with van der Waals surface area (Å²) in [6, 6.07) is 2.10.